The average molecular weight is 224 g/mol. The van der Waals surface area contributed by atoms with Crippen LogP contribution >= 0.6 is 0 Å². The number of aliphatic carboxylic acids is 1. The topological polar surface area (TPSA) is 55.1 Å². The fraction of sp³-hybridized carbons (Fsp3) is 0.667. The van der Waals surface area contributed by atoms with E-state index in [4.69, 9.17) is 5.11 Å². The maximum Gasteiger partial charge on any atom is 0.315 e. The largest absolute Gasteiger partial charge is 0.481 e. The summed E-state index contributed by atoms with van der Waals surface area (Å²) in [5.74, 6) is -0.491. The summed E-state index contributed by atoms with van der Waals surface area (Å²) >= 11 is 0. The molecule has 1 N–H and O–H groups in total. The van der Waals surface area contributed by atoms with Gasteiger partial charge in [0.25, 0.3) is 0 Å². The Balaban J connectivity index is 3.23. The van der Waals surface area contributed by atoms with Crippen molar-refractivity contribution >= 4 is 5.97 Å². The van der Waals surface area contributed by atoms with Crippen LogP contribution in [0.15, 0.2) is 6.07 Å². The average Bonchev–Trinajstić information content (AvgIpc) is 2.61. The van der Waals surface area contributed by atoms with Gasteiger partial charge in [0.2, 0.25) is 0 Å². The Morgan fingerprint density at radius 2 is 2.12 bits per heavy atom. The Morgan fingerprint density at radius 1 is 1.56 bits per heavy atom. The van der Waals surface area contributed by atoms with Gasteiger partial charge in [-0.3, -0.25) is 9.48 Å². The Hall–Kier alpha value is -1.32. The second-order valence-corrected chi connectivity index (χ2v) is 4.86. The lowest BCUT2D eigenvalue weighted by molar-refractivity contribution is -0.142. The molecule has 1 heterocycles. The number of nitrogens with zero attached hydrogens (tertiary/aromatic N) is 2. The molecule has 0 atom stereocenters. The van der Waals surface area contributed by atoms with Crippen molar-refractivity contribution in [1.29, 1.82) is 0 Å². The van der Waals surface area contributed by atoms with E-state index in [9.17, 15) is 4.79 Å². The normalized spacial score (nSPS) is 12.1. The third-order valence-corrected chi connectivity index (χ3v) is 2.88. The lowest BCUT2D eigenvalue weighted by Crippen LogP contribution is -2.29. The van der Waals surface area contributed by atoms with E-state index in [2.05, 4.69) is 18.9 Å². The molecular formula is C12H20N2O2. The van der Waals surface area contributed by atoms with Crippen LogP contribution < -0.4 is 0 Å². The number of aryl methyl sites for hydroxylation is 1. The van der Waals surface area contributed by atoms with Crippen LogP contribution in [0.5, 0.6) is 0 Å². The summed E-state index contributed by atoms with van der Waals surface area (Å²) in [6.45, 7) is 10.3. The summed E-state index contributed by atoms with van der Waals surface area (Å²) < 4.78 is 1.88. The first-order chi connectivity index (χ1) is 7.30. The van der Waals surface area contributed by atoms with Gasteiger partial charge in [-0.15, -0.1) is 0 Å². The van der Waals surface area contributed by atoms with Crippen molar-refractivity contribution in [2.45, 2.75) is 52.5 Å². The van der Waals surface area contributed by atoms with Crippen molar-refractivity contribution in [1.82, 2.24) is 9.78 Å². The van der Waals surface area contributed by atoms with Crippen LogP contribution in [0.2, 0.25) is 0 Å². The predicted molar refractivity (Wildman–Crippen MR) is 62.7 cm³/mol. The van der Waals surface area contributed by atoms with Gasteiger partial charge in [-0.1, -0.05) is 13.8 Å². The van der Waals surface area contributed by atoms with Crippen molar-refractivity contribution in [2.75, 3.05) is 0 Å². The van der Waals surface area contributed by atoms with E-state index in [0.717, 1.165) is 12.2 Å². The van der Waals surface area contributed by atoms with Crippen LogP contribution in [0.25, 0.3) is 0 Å². The van der Waals surface area contributed by atoms with Crippen LogP contribution in [0.1, 0.15) is 51.9 Å². The third kappa shape index (κ3) is 2.10. The Labute approximate surface area is 96.3 Å². The van der Waals surface area contributed by atoms with Gasteiger partial charge in [-0.2, -0.15) is 5.10 Å². The number of rotatable bonds is 4. The number of carbonyl (C=O) groups is 1. The first-order valence-electron chi connectivity index (χ1n) is 5.62. The van der Waals surface area contributed by atoms with Gasteiger partial charge in [-0.25, -0.2) is 0 Å². The monoisotopic (exact) mass is 224 g/mol. The fourth-order valence-electron chi connectivity index (χ4n) is 1.56. The van der Waals surface area contributed by atoms with Crippen molar-refractivity contribution < 1.29 is 9.90 Å². The SMILES string of the molecule is CCn1nc(C(C)(C)C(=O)O)cc1C(C)C. The molecule has 1 rings (SSSR count). The molecule has 0 amide bonds. The first-order valence-corrected chi connectivity index (χ1v) is 5.62. The molecule has 0 saturated carbocycles. The highest BCUT2D eigenvalue weighted by atomic mass is 16.4. The molecule has 0 spiro atoms. The number of hydrogen-bond acceptors (Lipinski definition) is 2. The molecule has 16 heavy (non-hydrogen) atoms. The van der Waals surface area contributed by atoms with Gasteiger partial charge in [0.1, 0.15) is 5.41 Å². The Bertz CT molecular complexity index is 392. The van der Waals surface area contributed by atoms with Crippen molar-refractivity contribution in [3.05, 3.63) is 17.5 Å². The highest BCUT2D eigenvalue weighted by molar-refractivity contribution is 5.79. The molecule has 0 unspecified atom stereocenters. The minimum atomic E-state index is -0.927. The number of hydrogen-bond donors (Lipinski definition) is 1. The van der Waals surface area contributed by atoms with Gasteiger partial charge in [0, 0.05) is 12.2 Å². The van der Waals surface area contributed by atoms with E-state index < -0.39 is 11.4 Å². The smallest absolute Gasteiger partial charge is 0.315 e. The van der Waals surface area contributed by atoms with Crippen molar-refractivity contribution in [3.8, 4) is 0 Å². The van der Waals surface area contributed by atoms with Gasteiger partial charge in [0.15, 0.2) is 0 Å². The van der Waals surface area contributed by atoms with E-state index in [0.29, 0.717) is 11.6 Å². The molecule has 1 aromatic rings. The molecule has 0 radical (unpaired) electrons. The maximum absolute atomic E-state index is 11.2. The predicted octanol–water partition coefficient (Wildman–Crippen LogP) is 2.39. The van der Waals surface area contributed by atoms with Crippen LogP contribution in [0.4, 0.5) is 0 Å². The molecule has 4 heteroatoms. The quantitative estimate of drug-likeness (QED) is 0.854. The fourth-order valence-corrected chi connectivity index (χ4v) is 1.56. The van der Waals surface area contributed by atoms with Crippen molar-refractivity contribution in [3.63, 3.8) is 0 Å². The lowest BCUT2D eigenvalue weighted by Gasteiger charge is -2.15. The zero-order valence-electron chi connectivity index (χ0n) is 10.6. The van der Waals surface area contributed by atoms with Crippen molar-refractivity contribution in [2.24, 2.45) is 0 Å². The Morgan fingerprint density at radius 3 is 2.44 bits per heavy atom. The molecule has 0 aromatic carbocycles. The molecule has 4 nitrogen and oxygen atoms in total. The van der Waals surface area contributed by atoms with Crippen LogP contribution in [-0.4, -0.2) is 20.9 Å². The minimum Gasteiger partial charge on any atom is -0.481 e. The zero-order chi connectivity index (χ0) is 12.5. The van der Waals surface area contributed by atoms with Gasteiger partial charge in [0.05, 0.1) is 5.69 Å². The third-order valence-electron chi connectivity index (χ3n) is 2.88. The molecular weight excluding hydrogens is 204 g/mol. The van der Waals surface area contributed by atoms with Gasteiger partial charge < -0.3 is 5.11 Å². The van der Waals surface area contributed by atoms with Crippen LogP contribution in [0, 0.1) is 0 Å². The van der Waals surface area contributed by atoms with Crippen LogP contribution in [-0.2, 0) is 16.8 Å². The maximum atomic E-state index is 11.2. The summed E-state index contributed by atoms with van der Waals surface area (Å²) in [5, 5.41) is 13.5. The lowest BCUT2D eigenvalue weighted by atomic mass is 9.89. The first kappa shape index (κ1) is 12.7. The summed E-state index contributed by atoms with van der Waals surface area (Å²) in [6.07, 6.45) is 0. The highest BCUT2D eigenvalue weighted by Gasteiger charge is 2.33. The molecule has 1 aromatic heterocycles. The molecule has 0 aliphatic heterocycles. The van der Waals surface area contributed by atoms with E-state index in [1.807, 2.05) is 17.7 Å². The van der Waals surface area contributed by atoms with E-state index in [-0.39, 0.29) is 0 Å². The van der Waals surface area contributed by atoms with E-state index in [1.54, 1.807) is 13.8 Å². The minimum absolute atomic E-state index is 0.353. The molecule has 90 valence electrons. The van der Waals surface area contributed by atoms with Gasteiger partial charge in [-0.05, 0) is 32.8 Å². The highest BCUT2D eigenvalue weighted by Crippen LogP contribution is 2.26. The Kier molecular flexibility index (Phi) is 3.41. The number of carboxylic acid groups (broad SMARTS) is 1. The zero-order valence-corrected chi connectivity index (χ0v) is 10.6. The summed E-state index contributed by atoms with van der Waals surface area (Å²) in [5.41, 5.74) is 0.793. The molecule has 0 fully saturated rings. The summed E-state index contributed by atoms with van der Waals surface area (Å²) in [7, 11) is 0. The molecule has 0 aliphatic carbocycles. The summed E-state index contributed by atoms with van der Waals surface area (Å²) in [4.78, 5) is 11.2. The number of aromatic nitrogens is 2. The standard InChI is InChI=1S/C12H20N2O2/c1-6-14-9(8(2)3)7-10(13-14)12(4,5)11(15)16/h7-8H,6H2,1-5H3,(H,15,16). The second-order valence-electron chi connectivity index (χ2n) is 4.86. The molecule has 0 saturated heterocycles. The van der Waals surface area contributed by atoms with Gasteiger partial charge >= 0.3 is 5.97 Å². The van der Waals surface area contributed by atoms with Crippen LogP contribution in [0.3, 0.4) is 0 Å². The van der Waals surface area contributed by atoms with E-state index >= 15 is 0 Å². The summed E-state index contributed by atoms with van der Waals surface area (Å²) in [6, 6.07) is 1.91. The molecule has 0 bridgehead atoms. The number of carboxylic acids is 1. The molecule has 0 aliphatic rings. The second kappa shape index (κ2) is 4.28. The van der Waals surface area contributed by atoms with E-state index in [1.165, 1.54) is 0 Å².